The van der Waals surface area contributed by atoms with Crippen LogP contribution in [-0.4, -0.2) is 22.0 Å². The summed E-state index contributed by atoms with van der Waals surface area (Å²) in [6.07, 6.45) is 1.24. The van der Waals surface area contributed by atoms with Gasteiger partial charge >= 0.3 is 0 Å². The SMILES string of the molecule is CCCC(=O)Nc1cccc(C(=O)Nc2nncs2)c1. The molecule has 0 atom stereocenters. The van der Waals surface area contributed by atoms with Crippen molar-refractivity contribution in [3.8, 4) is 0 Å². The molecule has 7 heteroatoms. The summed E-state index contributed by atoms with van der Waals surface area (Å²) >= 11 is 1.24. The highest BCUT2D eigenvalue weighted by Crippen LogP contribution is 2.14. The van der Waals surface area contributed by atoms with Crippen LogP contribution in [0.1, 0.15) is 30.1 Å². The van der Waals surface area contributed by atoms with Crippen LogP contribution < -0.4 is 10.6 Å². The van der Waals surface area contributed by atoms with Gasteiger partial charge in [-0.05, 0) is 24.6 Å². The Morgan fingerprint density at radius 2 is 2.15 bits per heavy atom. The fraction of sp³-hybridized carbons (Fsp3) is 0.231. The monoisotopic (exact) mass is 290 g/mol. The van der Waals surface area contributed by atoms with Crippen LogP contribution in [0.15, 0.2) is 29.8 Å². The Balaban J connectivity index is 2.05. The van der Waals surface area contributed by atoms with E-state index in [0.29, 0.717) is 22.8 Å². The molecule has 0 spiro atoms. The van der Waals surface area contributed by atoms with E-state index in [9.17, 15) is 9.59 Å². The molecule has 2 rings (SSSR count). The first-order valence-electron chi connectivity index (χ1n) is 6.16. The predicted molar refractivity (Wildman–Crippen MR) is 77.8 cm³/mol. The van der Waals surface area contributed by atoms with Gasteiger partial charge in [-0.15, -0.1) is 10.2 Å². The van der Waals surface area contributed by atoms with E-state index < -0.39 is 0 Å². The van der Waals surface area contributed by atoms with Crippen molar-refractivity contribution >= 4 is 34.0 Å². The fourth-order valence-corrected chi connectivity index (χ4v) is 2.03. The number of aromatic nitrogens is 2. The number of hydrogen-bond acceptors (Lipinski definition) is 5. The highest BCUT2D eigenvalue weighted by molar-refractivity contribution is 7.13. The maximum atomic E-state index is 12.0. The van der Waals surface area contributed by atoms with Gasteiger partial charge in [-0.2, -0.15) is 0 Å². The number of carbonyl (C=O) groups excluding carboxylic acids is 2. The largest absolute Gasteiger partial charge is 0.326 e. The number of nitrogens with one attached hydrogen (secondary N) is 2. The summed E-state index contributed by atoms with van der Waals surface area (Å²) in [7, 11) is 0. The maximum Gasteiger partial charge on any atom is 0.257 e. The number of carbonyl (C=O) groups is 2. The molecule has 0 aliphatic rings. The molecule has 2 amide bonds. The fourth-order valence-electron chi connectivity index (χ4n) is 1.59. The van der Waals surface area contributed by atoms with E-state index in [1.54, 1.807) is 24.3 Å². The normalized spacial score (nSPS) is 10.1. The molecule has 104 valence electrons. The first kappa shape index (κ1) is 14.1. The van der Waals surface area contributed by atoms with Gasteiger partial charge in [-0.25, -0.2) is 0 Å². The van der Waals surface area contributed by atoms with Gasteiger partial charge in [0.25, 0.3) is 5.91 Å². The van der Waals surface area contributed by atoms with Crippen molar-refractivity contribution < 1.29 is 9.59 Å². The van der Waals surface area contributed by atoms with Gasteiger partial charge in [0.1, 0.15) is 5.51 Å². The van der Waals surface area contributed by atoms with Crippen molar-refractivity contribution in [1.29, 1.82) is 0 Å². The minimum absolute atomic E-state index is 0.0609. The quantitative estimate of drug-likeness (QED) is 0.886. The topological polar surface area (TPSA) is 84.0 Å². The number of anilines is 2. The predicted octanol–water partition coefficient (Wildman–Crippen LogP) is 2.53. The molecular weight excluding hydrogens is 276 g/mol. The molecule has 0 aliphatic carbocycles. The zero-order chi connectivity index (χ0) is 14.4. The average molecular weight is 290 g/mol. The van der Waals surface area contributed by atoms with Crippen LogP contribution in [0.4, 0.5) is 10.8 Å². The first-order chi connectivity index (χ1) is 9.69. The molecule has 0 saturated carbocycles. The highest BCUT2D eigenvalue weighted by atomic mass is 32.1. The van der Waals surface area contributed by atoms with Crippen molar-refractivity contribution in [3.05, 3.63) is 35.3 Å². The van der Waals surface area contributed by atoms with Gasteiger partial charge in [-0.1, -0.05) is 24.3 Å². The smallest absolute Gasteiger partial charge is 0.257 e. The number of benzene rings is 1. The summed E-state index contributed by atoms with van der Waals surface area (Å²) in [6.45, 7) is 1.94. The molecular formula is C13H14N4O2S. The lowest BCUT2D eigenvalue weighted by atomic mass is 10.2. The molecule has 6 nitrogen and oxygen atoms in total. The molecule has 0 radical (unpaired) electrons. The van der Waals surface area contributed by atoms with Gasteiger partial charge in [0.05, 0.1) is 0 Å². The van der Waals surface area contributed by atoms with Gasteiger partial charge in [0, 0.05) is 17.7 Å². The minimum atomic E-state index is -0.284. The van der Waals surface area contributed by atoms with Crippen LogP contribution >= 0.6 is 11.3 Å². The van der Waals surface area contributed by atoms with E-state index >= 15 is 0 Å². The summed E-state index contributed by atoms with van der Waals surface area (Å²) in [5.74, 6) is -0.345. The average Bonchev–Trinajstić information content (AvgIpc) is 2.92. The van der Waals surface area contributed by atoms with Gasteiger partial charge in [-0.3, -0.25) is 14.9 Å². The molecule has 2 N–H and O–H groups in total. The van der Waals surface area contributed by atoms with Crippen LogP contribution in [0.5, 0.6) is 0 Å². The molecule has 0 aliphatic heterocycles. The summed E-state index contributed by atoms with van der Waals surface area (Å²) in [4.78, 5) is 23.5. The Kier molecular flexibility index (Phi) is 4.78. The van der Waals surface area contributed by atoms with E-state index in [0.717, 1.165) is 6.42 Å². The summed E-state index contributed by atoms with van der Waals surface area (Å²) in [6, 6.07) is 6.77. The molecule has 0 unspecified atom stereocenters. The van der Waals surface area contributed by atoms with Crippen LogP contribution in [0, 0.1) is 0 Å². The molecule has 1 aromatic heterocycles. The second kappa shape index (κ2) is 6.76. The Hall–Kier alpha value is -2.28. The van der Waals surface area contributed by atoms with Crippen molar-refractivity contribution in [2.75, 3.05) is 10.6 Å². The van der Waals surface area contributed by atoms with E-state index in [2.05, 4.69) is 20.8 Å². The first-order valence-corrected chi connectivity index (χ1v) is 7.04. The Morgan fingerprint density at radius 1 is 1.30 bits per heavy atom. The standard InChI is InChI=1S/C13H14N4O2S/c1-2-4-11(18)15-10-6-3-5-9(7-10)12(19)16-13-17-14-8-20-13/h3,5-8H,2,4H2,1H3,(H,15,18)(H,16,17,19). The maximum absolute atomic E-state index is 12.0. The van der Waals surface area contributed by atoms with Crippen LogP contribution in [-0.2, 0) is 4.79 Å². The van der Waals surface area contributed by atoms with E-state index in [-0.39, 0.29) is 11.8 Å². The van der Waals surface area contributed by atoms with E-state index in [1.165, 1.54) is 16.8 Å². The van der Waals surface area contributed by atoms with E-state index in [4.69, 9.17) is 0 Å². The lowest BCUT2D eigenvalue weighted by Gasteiger charge is -2.06. The lowest BCUT2D eigenvalue weighted by Crippen LogP contribution is -2.14. The van der Waals surface area contributed by atoms with Gasteiger partial charge < -0.3 is 5.32 Å². The third kappa shape index (κ3) is 3.86. The molecule has 20 heavy (non-hydrogen) atoms. The molecule has 2 aromatic rings. The number of amides is 2. The molecule has 1 aromatic carbocycles. The highest BCUT2D eigenvalue weighted by Gasteiger charge is 2.09. The molecule has 0 saturated heterocycles. The lowest BCUT2D eigenvalue weighted by molar-refractivity contribution is -0.116. The summed E-state index contributed by atoms with van der Waals surface area (Å²) in [5.41, 5.74) is 2.60. The van der Waals surface area contributed by atoms with E-state index in [1.807, 2.05) is 6.92 Å². The molecule has 0 fully saturated rings. The van der Waals surface area contributed by atoms with Crippen molar-refractivity contribution in [3.63, 3.8) is 0 Å². The second-order valence-electron chi connectivity index (χ2n) is 4.08. The third-order valence-electron chi connectivity index (χ3n) is 2.47. The number of nitrogens with zero attached hydrogens (tertiary/aromatic N) is 2. The Bertz CT molecular complexity index is 598. The van der Waals surface area contributed by atoms with Crippen LogP contribution in [0.25, 0.3) is 0 Å². The van der Waals surface area contributed by atoms with Crippen LogP contribution in [0.3, 0.4) is 0 Å². The minimum Gasteiger partial charge on any atom is -0.326 e. The third-order valence-corrected chi connectivity index (χ3v) is 3.07. The van der Waals surface area contributed by atoms with Crippen molar-refractivity contribution in [2.45, 2.75) is 19.8 Å². The molecule has 1 heterocycles. The summed E-state index contributed by atoms with van der Waals surface area (Å²) in [5, 5.41) is 13.2. The molecule has 0 bridgehead atoms. The van der Waals surface area contributed by atoms with Crippen LogP contribution in [0.2, 0.25) is 0 Å². The number of hydrogen-bond donors (Lipinski definition) is 2. The second-order valence-corrected chi connectivity index (χ2v) is 4.91. The van der Waals surface area contributed by atoms with Crippen molar-refractivity contribution in [2.24, 2.45) is 0 Å². The summed E-state index contributed by atoms with van der Waals surface area (Å²) < 4.78 is 0. The zero-order valence-electron chi connectivity index (χ0n) is 10.9. The Labute approximate surface area is 120 Å². The zero-order valence-corrected chi connectivity index (χ0v) is 11.7. The van der Waals surface area contributed by atoms with Gasteiger partial charge in [0.2, 0.25) is 11.0 Å². The Morgan fingerprint density at radius 3 is 2.85 bits per heavy atom. The number of rotatable bonds is 5. The van der Waals surface area contributed by atoms with Gasteiger partial charge in [0.15, 0.2) is 0 Å². The van der Waals surface area contributed by atoms with Crippen molar-refractivity contribution in [1.82, 2.24) is 10.2 Å².